The molecular formula is C17H24N2O. The minimum atomic E-state index is 0.0531. The highest BCUT2D eigenvalue weighted by molar-refractivity contribution is 5.82. The first-order valence-corrected chi connectivity index (χ1v) is 7.69. The summed E-state index contributed by atoms with van der Waals surface area (Å²) in [6, 6.07) is 8.45. The summed E-state index contributed by atoms with van der Waals surface area (Å²) in [5, 5.41) is 3.45. The van der Waals surface area contributed by atoms with E-state index in [0.29, 0.717) is 12.5 Å². The standard InChI is InChI=1S/C17H24N2O/c1-12-5-3-6-13(9-12)11-19(2)17(20)16-15-8-4-7-14(15)10-18-16/h3,5-6,9,14-16,18H,4,7-8,10-11H2,1-2H3. The third-order valence-corrected chi connectivity index (χ3v) is 4.89. The minimum Gasteiger partial charge on any atom is -0.340 e. The van der Waals surface area contributed by atoms with E-state index in [0.717, 1.165) is 12.5 Å². The molecule has 3 heteroatoms. The average Bonchev–Trinajstić information content (AvgIpc) is 3.00. The molecule has 108 valence electrons. The molecule has 0 radical (unpaired) electrons. The van der Waals surface area contributed by atoms with Crippen molar-refractivity contribution in [1.82, 2.24) is 10.2 Å². The maximum absolute atomic E-state index is 12.6. The van der Waals surface area contributed by atoms with Crippen LogP contribution in [0.5, 0.6) is 0 Å². The van der Waals surface area contributed by atoms with Gasteiger partial charge in [0.15, 0.2) is 0 Å². The molecule has 1 amide bonds. The van der Waals surface area contributed by atoms with Crippen LogP contribution in [0.2, 0.25) is 0 Å². The first-order valence-electron chi connectivity index (χ1n) is 7.69. The monoisotopic (exact) mass is 272 g/mol. The van der Waals surface area contributed by atoms with Crippen molar-refractivity contribution in [2.45, 2.75) is 38.8 Å². The first-order chi connectivity index (χ1) is 9.65. The highest BCUT2D eigenvalue weighted by Crippen LogP contribution is 2.38. The highest BCUT2D eigenvalue weighted by atomic mass is 16.2. The molecule has 1 aliphatic heterocycles. The van der Waals surface area contributed by atoms with E-state index in [1.165, 1.54) is 30.4 Å². The number of nitrogens with one attached hydrogen (secondary N) is 1. The molecule has 3 nitrogen and oxygen atoms in total. The molecule has 1 aromatic carbocycles. The van der Waals surface area contributed by atoms with Gasteiger partial charge in [0.25, 0.3) is 0 Å². The summed E-state index contributed by atoms with van der Waals surface area (Å²) in [6.07, 6.45) is 3.80. The number of benzene rings is 1. The Hall–Kier alpha value is -1.35. The Morgan fingerprint density at radius 2 is 2.25 bits per heavy atom. The smallest absolute Gasteiger partial charge is 0.240 e. The molecule has 3 unspecified atom stereocenters. The summed E-state index contributed by atoms with van der Waals surface area (Å²) in [4.78, 5) is 14.5. The van der Waals surface area contributed by atoms with Gasteiger partial charge in [-0.1, -0.05) is 36.2 Å². The van der Waals surface area contributed by atoms with Gasteiger partial charge in [0.05, 0.1) is 6.04 Å². The second-order valence-corrected chi connectivity index (χ2v) is 6.42. The van der Waals surface area contributed by atoms with Gasteiger partial charge in [0.1, 0.15) is 0 Å². The molecule has 0 spiro atoms. The molecule has 2 aliphatic rings. The van der Waals surface area contributed by atoms with Crippen LogP contribution in [0.25, 0.3) is 0 Å². The number of likely N-dealkylation sites (N-methyl/N-ethyl adjacent to an activating group) is 1. The van der Waals surface area contributed by atoms with E-state index >= 15 is 0 Å². The Labute approximate surface area is 121 Å². The second kappa shape index (κ2) is 5.57. The molecule has 1 aromatic rings. The molecule has 1 heterocycles. The van der Waals surface area contributed by atoms with Crippen molar-refractivity contribution in [2.75, 3.05) is 13.6 Å². The van der Waals surface area contributed by atoms with E-state index in [9.17, 15) is 4.79 Å². The fourth-order valence-corrected chi connectivity index (χ4v) is 3.86. The van der Waals surface area contributed by atoms with E-state index < -0.39 is 0 Å². The SMILES string of the molecule is Cc1cccc(CN(C)C(=O)C2NCC3CCCC32)c1. The topological polar surface area (TPSA) is 32.3 Å². The van der Waals surface area contributed by atoms with Gasteiger partial charge in [-0.3, -0.25) is 4.79 Å². The van der Waals surface area contributed by atoms with Gasteiger partial charge in [-0.2, -0.15) is 0 Å². The number of rotatable bonds is 3. The summed E-state index contributed by atoms with van der Waals surface area (Å²) in [5.74, 6) is 1.57. The summed E-state index contributed by atoms with van der Waals surface area (Å²) in [5.41, 5.74) is 2.46. The Morgan fingerprint density at radius 1 is 1.40 bits per heavy atom. The summed E-state index contributed by atoms with van der Waals surface area (Å²) < 4.78 is 0. The van der Waals surface area contributed by atoms with Crippen LogP contribution in [0.4, 0.5) is 0 Å². The zero-order chi connectivity index (χ0) is 14.1. The lowest BCUT2D eigenvalue weighted by atomic mass is 9.93. The van der Waals surface area contributed by atoms with Crippen molar-refractivity contribution in [3.05, 3.63) is 35.4 Å². The van der Waals surface area contributed by atoms with Crippen LogP contribution >= 0.6 is 0 Å². The third kappa shape index (κ3) is 2.59. The van der Waals surface area contributed by atoms with Gasteiger partial charge >= 0.3 is 0 Å². The summed E-state index contributed by atoms with van der Waals surface area (Å²) in [6.45, 7) is 3.82. The predicted octanol–water partition coefficient (Wildman–Crippen LogP) is 2.34. The summed E-state index contributed by atoms with van der Waals surface area (Å²) >= 11 is 0. The molecule has 1 aliphatic carbocycles. The number of hydrogen-bond acceptors (Lipinski definition) is 2. The Morgan fingerprint density at radius 3 is 3.05 bits per heavy atom. The second-order valence-electron chi connectivity index (χ2n) is 6.42. The van der Waals surface area contributed by atoms with Crippen LogP contribution in [0.3, 0.4) is 0 Å². The van der Waals surface area contributed by atoms with Gasteiger partial charge in [-0.05, 0) is 43.7 Å². The van der Waals surface area contributed by atoms with Crippen LogP contribution < -0.4 is 5.32 Å². The number of hydrogen-bond donors (Lipinski definition) is 1. The molecule has 2 fully saturated rings. The van der Waals surface area contributed by atoms with Gasteiger partial charge in [-0.25, -0.2) is 0 Å². The molecule has 0 aromatic heterocycles. The lowest BCUT2D eigenvalue weighted by Gasteiger charge is -2.25. The van der Waals surface area contributed by atoms with E-state index in [1.54, 1.807) is 0 Å². The number of nitrogens with zero attached hydrogens (tertiary/aromatic N) is 1. The van der Waals surface area contributed by atoms with Crippen LogP contribution in [-0.2, 0) is 11.3 Å². The zero-order valence-electron chi connectivity index (χ0n) is 12.4. The van der Waals surface area contributed by atoms with Gasteiger partial charge in [0.2, 0.25) is 5.91 Å². The Kier molecular flexibility index (Phi) is 3.79. The van der Waals surface area contributed by atoms with E-state index in [1.807, 2.05) is 11.9 Å². The average molecular weight is 272 g/mol. The van der Waals surface area contributed by atoms with Crippen molar-refractivity contribution in [2.24, 2.45) is 11.8 Å². The number of carbonyl (C=O) groups is 1. The fourth-order valence-electron chi connectivity index (χ4n) is 3.86. The van der Waals surface area contributed by atoms with E-state index in [4.69, 9.17) is 0 Å². The number of aryl methyl sites for hydroxylation is 1. The predicted molar refractivity (Wildman–Crippen MR) is 80.3 cm³/mol. The normalized spacial score (nSPS) is 28.4. The zero-order valence-corrected chi connectivity index (χ0v) is 12.4. The van der Waals surface area contributed by atoms with Crippen molar-refractivity contribution < 1.29 is 4.79 Å². The maximum Gasteiger partial charge on any atom is 0.240 e. The molecule has 1 saturated heterocycles. The molecule has 3 rings (SSSR count). The van der Waals surface area contributed by atoms with Crippen LogP contribution in [-0.4, -0.2) is 30.4 Å². The largest absolute Gasteiger partial charge is 0.340 e. The highest BCUT2D eigenvalue weighted by Gasteiger charge is 2.43. The van der Waals surface area contributed by atoms with Crippen LogP contribution in [0.15, 0.2) is 24.3 Å². The quantitative estimate of drug-likeness (QED) is 0.916. The molecule has 0 bridgehead atoms. The minimum absolute atomic E-state index is 0.0531. The van der Waals surface area contributed by atoms with E-state index in [-0.39, 0.29) is 11.9 Å². The third-order valence-electron chi connectivity index (χ3n) is 4.89. The lowest BCUT2D eigenvalue weighted by Crippen LogP contribution is -2.44. The first kappa shape index (κ1) is 13.6. The Balaban J connectivity index is 1.65. The molecule has 20 heavy (non-hydrogen) atoms. The van der Waals surface area contributed by atoms with Crippen LogP contribution in [0.1, 0.15) is 30.4 Å². The van der Waals surface area contributed by atoms with Crippen molar-refractivity contribution in [3.8, 4) is 0 Å². The Bertz CT molecular complexity index is 500. The molecule has 3 atom stereocenters. The van der Waals surface area contributed by atoms with Crippen molar-refractivity contribution >= 4 is 5.91 Å². The fraction of sp³-hybridized carbons (Fsp3) is 0.588. The lowest BCUT2D eigenvalue weighted by molar-refractivity contribution is -0.133. The van der Waals surface area contributed by atoms with Gasteiger partial charge in [-0.15, -0.1) is 0 Å². The van der Waals surface area contributed by atoms with Gasteiger partial charge in [0, 0.05) is 13.6 Å². The van der Waals surface area contributed by atoms with E-state index in [2.05, 4.69) is 36.5 Å². The molecular weight excluding hydrogens is 248 g/mol. The van der Waals surface area contributed by atoms with Crippen molar-refractivity contribution in [1.29, 1.82) is 0 Å². The maximum atomic E-state index is 12.6. The molecule has 1 saturated carbocycles. The van der Waals surface area contributed by atoms with Crippen molar-refractivity contribution in [3.63, 3.8) is 0 Å². The number of fused-ring (bicyclic) bond motifs is 1. The number of carbonyl (C=O) groups excluding carboxylic acids is 1. The summed E-state index contributed by atoms with van der Waals surface area (Å²) in [7, 11) is 1.93. The number of amides is 1. The molecule has 1 N–H and O–H groups in total. The van der Waals surface area contributed by atoms with Crippen LogP contribution in [0, 0.1) is 18.8 Å². The van der Waals surface area contributed by atoms with Gasteiger partial charge < -0.3 is 10.2 Å².